The van der Waals surface area contributed by atoms with E-state index in [4.69, 9.17) is 19.4 Å². The summed E-state index contributed by atoms with van der Waals surface area (Å²) in [5, 5.41) is 14.8. The second-order valence-electron chi connectivity index (χ2n) is 14.5. The third-order valence-corrected chi connectivity index (χ3v) is 10.9. The van der Waals surface area contributed by atoms with Crippen LogP contribution in [0.25, 0.3) is 11.1 Å². The molecule has 3 aromatic heterocycles. The first-order valence-corrected chi connectivity index (χ1v) is 18.1. The van der Waals surface area contributed by atoms with Gasteiger partial charge in [0.2, 0.25) is 5.91 Å². The van der Waals surface area contributed by atoms with Gasteiger partial charge >= 0.3 is 6.09 Å². The van der Waals surface area contributed by atoms with Crippen LogP contribution in [-0.4, -0.2) is 80.7 Å². The lowest BCUT2D eigenvalue weighted by Crippen LogP contribution is -2.63. The Morgan fingerprint density at radius 3 is 2.51 bits per heavy atom. The zero-order chi connectivity index (χ0) is 34.5. The summed E-state index contributed by atoms with van der Waals surface area (Å²) in [5.74, 6) is 2.57. The highest BCUT2D eigenvalue weighted by atomic mass is 16.6. The van der Waals surface area contributed by atoms with Crippen LogP contribution in [0.15, 0.2) is 42.9 Å². The van der Waals surface area contributed by atoms with Crippen LogP contribution < -0.4 is 9.64 Å². The third-order valence-electron chi connectivity index (χ3n) is 10.9. The summed E-state index contributed by atoms with van der Waals surface area (Å²) >= 11 is 0. The van der Waals surface area contributed by atoms with Gasteiger partial charge in [0.05, 0.1) is 43.7 Å². The number of methoxy groups -OCH3 is 1. The lowest BCUT2D eigenvalue weighted by atomic mass is 9.79. The molecular weight excluding hydrogens is 620 g/mol. The Balaban J connectivity index is 1.12. The van der Waals surface area contributed by atoms with Crippen molar-refractivity contribution in [3.05, 3.63) is 54.2 Å². The molecule has 1 atom stereocenters. The maximum atomic E-state index is 14.1. The predicted octanol–water partition coefficient (Wildman–Crippen LogP) is 6.70. The number of aryl methyl sites for hydroxylation is 1. The van der Waals surface area contributed by atoms with E-state index in [0.29, 0.717) is 43.7 Å². The van der Waals surface area contributed by atoms with Crippen molar-refractivity contribution in [2.45, 2.75) is 103 Å². The lowest BCUT2D eigenvalue weighted by Gasteiger charge is -2.45. The molecule has 2 saturated carbocycles. The number of carbonyl (C=O) groups is 2. The van der Waals surface area contributed by atoms with Crippen molar-refractivity contribution in [2.75, 3.05) is 38.3 Å². The average Bonchev–Trinajstić information content (AvgIpc) is 3.62. The summed E-state index contributed by atoms with van der Waals surface area (Å²) in [5.41, 5.74) is 3.11. The molecule has 264 valence electrons. The number of nitrogens with zero attached hydrogens (tertiary/aromatic N) is 6. The van der Waals surface area contributed by atoms with Gasteiger partial charge in [0.1, 0.15) is 18.2 Å². The lowest BCUT2D eigenvalue weighted by molar-refractivity contribution is -0.123. The van der Waals surface area contributed by atoms with Crippen LogP contribution in [0, 0.1) is 18.8 Å². The van der Waals surface area contributed by atoms with Crippen LogP contribution in [0.4, 0.5) is 10.6 Å². The minimum absolute atomic E-state index is 0.0420. The van der Waals surface area contributed by atoms with E-state index in [-0.39, 0.29) is 24.5 Å². The number of rotatable bonds is 11. The molecule has 0 spiro atoms. The summed E-state index contributed by atoms with van der Waals surface area (Å²) in [6, 6.07) is 7.91. The number of β-amino-alcohol motifs (C(OH)–C–C–N with tert-alkyl or cyclic N) is 1. The second kappa shape index (κ2) is 15.3. The Bertz CT molecular complexity index is 1590. The smallest absolute Gasteiger partial charge is 0.410 e. The van der Waals surface area contributed by atoms with Crippen LogP contribution in [0.5, 0.6) is 5.75 Å². The molecule has 6 rings (SSSR count). The highest BCUT2D eigenvalue weighted by Crippen LogP contribution is 2.38. The molecule has 1 aliphatic heterocycles. The minimum atomic E-state index is -0.796. The largest absolute Gasteiger partial charge is 0.495 e. The molecule has 1 unspecified atom stereocenters. The standard InChI is InChI=1S/C38H52N6O5/c1-5-38(47)24-42(25-38)37(46)49-23-26(2)44-22-32(20-40-44)31-17-18-39-35(19-31)43(36(45)30-9-7-6-8-10-30)21-28-11-13-29(14-12-28)33-15-16-34(48-4)27(3)41-33/h15-20,22,26,28-30,47H,5-14,21,23-25H2,1-4H3. The average molecular weight is 673 g/mol. The molecule has 1 N–H and O–H groups in total. The zero-order valence-electron chi connectivity index (χ0n) is 29.5. The topological polar surface area (TPSA) is 123 Å². The Kier molecular flexibility index (Phi) is 10.9. The Labute approximate surface area is 290 Å². The van der Waals surface area contributed by atoms with Crippen LogP contribution in [0.2, 0.25) is 0 Å². The van der Waals surface area contributed by atoms with E-state index in [2.05, 4.69) is 11.2 Å². The normalized spacial score (nSPS) is 21.4. The van der Waals surface area contributed by atoms with Gasteiger partial charge in [-0.3, -0.25) is 19.4 Å². The molecule has 3 aliphatic rings. The first-order chi connectivity index (χ1) is 23.7. The number of likely N-dealkylation sites (tertiary alicyclic amines) is 1. The summed E-state index contributed by atoms with van der Waals surface area (Å²) in [6.07, 6.45) is 15.2. The van der Waals surface area contributed by atoms with E-state index in [0.717, 1.165) is 79.6 Å². The number of ether oxygens (including phenoxy) is 2. The number of hydrogen-bond acceptors (Lipinski definition) is 8. The van der Waals surface area contributed by atoms with Crippen LogP contribution in [0.3, 0.4) is 0 Å². The van der Waals surface area contributed by atoms with Crippen molar-refractivity contribution in [2.24, 2.45) is 11.8 Å². The number of hydrogen-bond donors (Lipinski definition) is 1. The van der Waals surface area contributed by atoms with Gasteiger partial charge in [-0.1, -0.05) is 26.2 Å². The number of aromatic nitrogens is 4. The number of amides is 2. The molecule has 1 saturated heterocycles. The minimum Gasteiger partial charge on any atom is -0.495 e. The van der Waals surface area contributed by atoms with Crippen LogP contribution in [0.1, 0.15) is 101 Å². The van der Waals surface area contributed by atoms with Crippen LogP contribution >= 0.6 is 0 Å². The fraction of sp³-hybridized carbons (Fsp3) is 0.605. The van der Waals surface area contributed by atoms with Gasteiger partial charge in [0, 0.05) is 42.0 Å². The molecule has 11 nitrogen and oxygen atoms in total. The van der Waals surface area contributed by atoms with E-state index in [1.165, 1.54) is 11.3 Å². The molecule has 11 heteroatoms. The number of carbonyl (C=O) groups excluding carboxylic acids is 2. The van der Waals surface area contributed by atoms with Crippen molar-refractivity contribution >= 4 is 17.8 Å². The van der Waals surface area contributed by atoms with Gasteiger partial charge < -0.3 is 19.5 Å². The molecule has 3 aromatic rings. The quantitative estimate of drug-likeness (QED) is 0.239. The Morgan fingerprint density at radius 1 is 1.06 bits per heavy atom. The van der Waals surface area contributed by atoms with Crippen molar-refractivity contribution in [1.82, 2.24) is 24.6 Å². The molecule has 0 aromatic carbocycles. The van der Waals surface area contributed by atoms with E-state index >= 15 is 0 Å². The fourth-order valence-corrected chi connectivity index (χ4v) is 7.63. The SMILES string of the molecule is CCC1(O)CN(C(=O)OCC(C)n2cc(-c3ccnc(N(CC4CCC(c5ccc(OC)c(C)n5)CC4)C(=O)C4CCCCC4)c3)cn2)C1. The molecule has 0 bridgehead atoms. The Morgan fingerprint density at radius 2 is 1.82 bits per heavy atom. The van der Waals surface area contributed by atoms with Gasteiger partial charge in [-0.15, -0.1) is 0 Å². The molecule has 2 amide bonds. The maximum absolute atomic E-state index is 14.1. The third kappa shape index (κ3) is 8.09. The van der Waals surface area contributed by atoms with Gasteiger partial charge in [-0.25, -0.2) is 9.78 Å². The molecular formula is C38H52N6O5. The molecule has 0 radical (unpaired) electrons. The zero-order valence-corrected chi connectivity index (χ0v) is 29.5. The van der Waals surface area contributed by atoms with Crippen LogP contribution in [-0.2, 0) is 9.53 Å². The highest BCUT2D eigenvalue weighted by molar-refractivity contribution is 5.94. The van der Waals surface area contributed by atoms with Crippen molar-refractivity contribution < 1.29 is 24.2 Å². The van der Waals surface area contributed by atoms with Gasteiger partial charge in [0.25, 0.3) is 0 Å². The first-order valence-electron chi connectivity index (χ1n) is 18.1. The van der Waals surface area contributed by atoms with Gasteiger partial charge in [-0.05, 0) is 94.5 Å². The molecule has 3 fully saturated rings. The number of anilines is 1. The monoisotopic (exact) mass is 672 g/mol. The fourth-order valence-electron chi connectivity index (χ4n) is 7.63. The number of pyridine rings is 2. The van der Waals surface area contributed by atoms with Crippen molar-refractivity contribution in [3.63, 3.8) is 0 Å². The van der Waals surface area contributed by atoms with E-state index < -0.39 is 11.7 Å². The van der Waals surface area contributed by atoms with E-state index in [1.807, 2.05) is 50.1 Å². The Hall–Kier alpha value is -3.99. The molecule has 49 heavy (non-hydrogen) atoms. The molecule has 4 heterocycles. The predicted molar refractivity (Wildman–Crippen MR) is 187 cm³/mol. The van der Waals surface area contributed by atoms with Gasteiger partial charge in [-0.2, -0.15) is 5.10 Å². The highest BCUT2D eigenvalue weighted by Gasteiger charge is 2.43. The maximum Gasteiger partial charge on any atom is 0.410 e. The van der Waals surface area contributed by atoms with Crippen molar-refractivity contribution in [3.8, 4) is 16.9 Å². The van der Waals surface area contributed by atoms with Gasteiger partial charge in [0.15, 0.2) is 0 Å². The summed E-state index contributed by atoms with van der Waals surface area (Å²) in [6.45, 7) is 7.30. The number of aliphatic hydroxyl groups is 1. The van der Waals surface area contributed by atoms with Crippen molar-refractivity contribution in [1.29, 1.82) is 0 Å². The summed E-state index contributed by atoms with van der Waals surface area (Å²) < 4.78 is 12.7. The molecule has 2 aliphatic carbocycles. The van der Waals surface area contributed by atoms with E-state index in [1.54, 1.807) is 24.2 Å². The van der Waals surface area contributed by atoms with E-state index in [9.17, 15) is 14.7 Å². The first kappa shape index (κ1) is 34.9. The second-order valence-corrected chi connectivity index (χ2v) is 14.5. The summed E-state index contributed by atoms with van der Waals surface area (Å²) in [4.78, 5) is 39.7. The summed E-state index contributed by atoms with van der Waals surface area (Å²) in [7, 11) is 1.68.